The van der Waals surface area contributed by atoms with Gasteiger partial charge in [-0.2, -0.15) is 0 Å². The molecule has 1 aliphatic heterocycles. The fraction of sp³-hybridized carbons (Fsp3) is 0.583. The van der Waals surface area contributed by atoms with Gasteiger partial charge in [-0.3, -0.25) is 0 Å². The number of hydrogen-bond donors (Lipinski definition) is 0. The molecule has 15 heavy (non-hydrogen) atoms. The highest BCUT2D eigenvalue weighted by Gasteiger charge is 2.51. The van der Waals surface area contributed by atoms with Crippen LogP contribution in [0, 0.1) is 6.42 Å². The highest BCUT2D eigenvalue weighted by Crippen LogP contribution is 2.39. The normalized spacial score (nSPS) is 28.0. The fourth-order valence-electron chi connectivity index (χ4n) is 1.68. The first-order chi connectivity index (χ1) is 6.92. The average molecular weight is 205 g/mol. The van der Waals surface area contributed by atoms with E-state index >= 15 is 0 Å². The zero-order valence-corrected chi connectivity index (χ0v) is 9.91. The van der Waals surface area contributed by atoms with Gasteiger partial charge < -0.3 is 9.31 Å². The van der Waals surface area contributed by atoms with Gasteiger partial charge in [-0.25, -0.2) is 0 Å². The van der Waals surface area contributed by atoms with E-state index in [0.29, 0.717) is 0 Å². The van der Waals surface area contributed by atoms with E-state index in [2.05, 4.69) is 52.3 Å². The Hall–Kier alpha value is -0.535. The monoisotopic (exact) mass is 205 g/mol. The van der Waals surface area contributed by atoms with Crippen LogP contribution in [0.15, 0.2) is 23.7 Å². The van der Waals surface area contributed by atoms with Crippen molar-refractivity contribution >= 4 is 7.12 Å². The molecule has 0 aromatic carbocycles. The van der Waals surface area contributed by atoms with E-state index in [1.54, 1.807) is 0 Å². The Kier molecular flexibility index (Phi) is 2.56. The first kappa shape index (κ1) is 11.0. The lowest BCUT2D eigenvalue weighted by Gasteiger charge is -2.32. The van der Waals surface area contributed by atoms with Crippen molar-refractivity contribution in [2.24, 2.45) is 0 Å². The molecule has 0 amide bonds. The van der Waals surface area contributed by atoms with Gasteiger partial charge in [0, 0.05) is 0 Å². The van der Waals surface area contributed by atoms with Crippen LogP contribution in [0.4, 0.5) is 0 Å². The van der Waals surface area contributed by atoms with E-state index in [9.17, 15) is 0 Å². The zero-order chi connectivity index (χ0) is 11.1. The maximum atomic E-state index is 5.94. The molecule has 0 aromatic heterocycles. The van der Waals surface area contributed by atoms with Crippen LogP contribution in [0.25, 0.3) is 0 Å². The van der Waals surface area contributed by atoms with E-state index < -0.39 is 0 Å². The van der Waals surface area contributed by atoms with Crippen molar-refractivity contribution in [3.05, 3.63) is 30.1 Å². The van der Waals surface area contributed by atoms with Crippen LogP contribution in [-0.2, 0) is 9.31 Å². The van der Waals surface area contributed by atoms with Crippen molar-refractivity contribution in [2.75, 3.05) is 0 Å². The summed E-state index contributed by atoms with van der Waals surface area (Å²) in [5, 5.41) is 0. The summed E-state index contributed by atoms with van der Waals surface area (Å²) in [6, 6.07) is 0. The van der Waals surface area contributed by atoms with Gasteiger partial charge in [0.1, 0.15) is 0 Å². The average Bonchev–Trinajstić information content (AvgIpc) is 2.38. The largest absolute Gasteiger partial charge is 0.494 e. The Bertz CT molecular complexity index is 300. The molecule has 0 bridgehead atoms. The van der Waals surface area contributed by atoms with E-state index in [0.717, 1.165) is 11.9 Å². The molecule has 2 rings (SSSR count). The van der Waals surface area contributed by atoms with E-state index in [1.165, 1.54) is 0 Å². The molecule has 1 saturated heterocycles. The van der Waals surface area contributed by atoms with Gasteiger partial charge in [0.25, 0.3) is 0 Å². The third-order valence-electron chi connectivity index (χ3n) is 3.42. The third kappa shape index (κ3) is 1.91. The second-order valence-corrected chi connectivity index (χ2v) is 5.13. The second-order valence-electron chi connectivity index (χ2n) is 5.13. The molecule has 2 aliphatic rings. The molecule has 0 atom stereocenters. The summed E-state index contributed by atoms with van der Waals surface area (Å²) in [6.45, 7) is 8.29. The highest BCUT2D eigenvalue weighted by atomic mass is 16.7. The lowest BCUT2D eigenvalue weighted by molar-refractivity contribution is 0.00578. The minimum Gasteiger partial charge on any atom is -0.399 e. The van der Waals surface area contributed by atoms with Crippen LogP contribution in [0.2, 0.25) is 0 Å². The maximum Gasteiger partial charge on any atom is 0.494 e. The van der Waals surface area contributed by atoms with Gasteiger partial charge in [-0.05, 0) is 46.0 Å². The molecule has 3 heteroatoms. The lowest BCUT2D eigenvalue weighted by Crippen LogP contribution is -2.41. The summed E-state index contributed by atoms with van der Waals surface area (Å²) in [5.41, 5.74) is 0.619. The predicted octanol–water partition coefficient (Wildman–Crippen LogP) is 2.71. The van der Waals surface area contributed by atoms with Gasteiger partial charge in [0.05, 0.1) is 11.2 Å². The number of hydrogen-bond acceptors (Lipinski definition) is 2. The first-order valence-electron chi connectivity index (χ1n) is 5.48. The van der Waals surface area contributed by atoms with Crippen molar-refractivity contribution in [3.8, 4) is 0 Å². The summed E-state index contributed by atoms with van der Waals surface area (Å²) in [5.74, 6) is 0. The van der Waals surface area contributed by atoms with Crippen LogP contribution >= 0.6 is 0 Å². The highest BCUT2D eigenvalue weighted by molar-refractivity contribution is 6.55. The zero-order valence-electron chi connectivity index (χ0n) is 9.91. The fourth-order valence-corrected chi connectivity index (χ4v) is 1.68. The van der Waals surface area contributed by atoms with E-state index in [-0.39, 0.29) is 18.3 Å². The smallest absolute Gasteiger partial charge is 0.399 e. The van der Waals surface area contributed by atoms with Crippen molar-refractivity contribution in [1.29, 1.82) is 0 Å². The third-order valence-corrected chi connectivity index (χ3v) is 3.42. The van der Waals surface area contributed by atoms with Crippen LogP contribution in [0.5, 0.6) is 0 Å². The standard InChI is InChI=1S/C12H18BO2/c1-11(2)12(3,4)15-13(14-11)10-8-6-5-7-9-10/h6-9H,5H2,1-4H3. The Morgan fingerprint density at radius 3 is 2.20 bits per heavy atom. The summed E-state index contributed by atoms with van der Waals surface area (Å²) in [7, 11) is -0.220. The Labute approximate surface area is 92.5 Å². The first-order valence-corrected chi connectivity index (χ1v) is 5.48. The molecule has 0 aromatic rings. The lowest BCUT2D eigenvalue weighted by atomic mass is 9.76. The van der Waals surface area contributed by atoms with E-state index in [4.69, 9.17) is 9.31 Å². The number of allylic oxidation sites excluding steroid dienone is 4. The second kappa shape index (κ2) is 3.50. The molecule has 1 fully saturated rings. The minimum atomic E-state index is -0.246. The molecule has 1 heterocycles. The molecular formula is C12H18BO2. The molecule has 0 spiro atoms. The molecule has 1 aliphatic carbocycles. The summed E-state index contributed by atoms with van der Waals surface area (Å²) in [6.07, 6.45) is 9.42. The number of rotatable bonds is 1. The van der Waals surface area contributed by atoms with Crippen molar-refractivity contribution in [3.63, 3.8) is 0 Å². The van der Waals surface area contributed by atoms with Crippen molar-refractivity contribution < 1.29 is 9.31 Å². The van der Waals surface area contributed by atoms with Crippen LogP contribution in [0.1, 0.15) is 34.1 Å². The van der Waals surface area contributed by atoms with E-state index in [1.807, 2.05) is 0 Å². The van der Waals surface area contributed by atoms with Crippen molar-refractivity contribution in [2.45, 2.75) is 45.3 Å². The summed E-state index contributed by atoms with van der Waals surface area (Å²) >= 11 is 0. The van der Waals surface area contributed by atoms with Crippen molar-refractivity contribution in [1.82, 2.24) is 0 Å². The molecule has 81 valence electrons. The Morgan fingerprint density at radius 1 is 1.13 bits per heavy atom. The predicted molar refractivity (Wildman–Crippen MR) is 62.2 cm³/mol. The van der Waals surface area contributed by atoms with Gasteiger partial charge in [-0.1, -0.05) is 18.2 Å². The molecule has 1 radical (unpaired) electrons. The molecule has 2 nitrogen and oxygen atoms in total. The van der Waals surface area contributed by atoms with Gasteiger partial charge in [0.2, 0.25) is 0 Å². The van der Waals surface area contributed by atoms with Gasteiger partial charge in [-0.15, -0.1) is 0 Å². The Balaban J connectivity index is 2.16. The van der Waals surface area contributed by atoms with Gasteiger partial charge >= 0.3 is 7.12 Å². The minimum absolute atomic E-state index is 0.220. The summed E-state index contributed by atoms with van der Waals surface area (Å²) < 4.78 is 11.9. The topological polar surface area (TPSA) is 18.5 Å². The molecule has 0 saturated carbocycles. The molecule has 0 unspecified atom stereocenters. The van der Waals surface area contributed by atoms with Crippen LogP contribution in [0.3, 0.4) is 0 Å². The Morgan fingerprint density at radius 2 is 1.73 bits per heavy atom. The molecular weight excluding hydrogens is 187 g/mol. The van der Waals surface area contributed by atoms with Crippen LogP contribution in [-0.4, -0.2) is 18.3 Å². The summed E-state index contributed by atoms with van der Waals surface area (Å²) in [4.78, 5) is 0. The quantitative estimate of drug-likeness (QED) is 0.612. The van der Waals surface area contributed by atoms with Gasteiger partial charge in [0.15, 0.2) is 0 Å². The molecule has 0 N–H and O–H groups in total. The van der Waals surface area contributed by atoms with Crippen LogP contribution < -0.4 is 0 Å². The maximum absolute atomic E-state index is 5.94. The SMILES string of the molecule is CC1(C)OB(C2=C[CH]CC=C2)OC1(C)C.